The Morgan fingerprint density at radius 1 is 1.30 bits per heavy atom. The molecule has 40 heavy (non-hydrogen) atoms. The first kappa shape index (κ1) is 31.1. The Balaban J connectivity index is 1.71. The Morgan fingerprint density at radius 2 is 2.02 bits per heavy atom. The van der Waals surface area contributed by atoms with Gasteiger partial charge in [0.25, 0.3) is 0 Å². The Hall–Kier alpha value is -1.88. The number of fused-ring (bicyclic) bond motifs is 1. The highest BCUT2D eigenvalue weighted by atomic mass is 32.2. The summed E-state index contributed by atoms with van der Waals surface area (Å²) in [5, 5.41) is 10.5. The average Bonchev–Trinajstić information content (AvgIpc) is 3.55. The van der Waals surface area contributed by atoms with Crippen molar-refractivity contribution >= 4 is 29.5 Å². The van der Waals surface area contributed by atoms with E-state index in [2.05, 4.69) is 25.0 Å². The van der Waals surface area contributed by atoms with Gasteiger partial charge in [-0.15, -0.1) is 24.9 Å². The summed E-state index contributed by atoms with van der Waals surface area (Å²) < 4.78 is 10.3. The lowest BCUT2D eigenvalue weighted by atomic mass is 9.66. The van der Waals surface area contributed by atoms with Crippen LogP contribution in [0.2, 0.25) is 0 Å². The second-order valence-corrected chi connectivity index (χ2v) is 13.3. The molecule has 4 aliphatic rings. The third-order valence-electron chi connectivity index (χ3n) is 9.55. The molecule has 4 fully saturated rings. The van der Waals surface area contributed by atoms with Gasteiger partial charge in [0.2, 0.25) is 11.8 Å². The van der Waals surface area contributed by atoms with Crippen LogP contribution in [0.25, 0.3) is 0 Å². The number of rotatable bonds is 14. The Labute approximate surface area is 243 Å². The molecule has 4 aliphatic heterocycles. The smallest absolute Gasteiger partial charge is 0.310 e. The number of nitrogens with zero attached hydrogens (tertiary/aromatic N) is 3. The molecule has 224 valence electrons. The fourth-order valence-corrected chi connectivity index (χ4v) is 9.62. The van der Waals surface area contributed by atoms with Crippen LogP contribution in [-0.2, 0) is 23.9 Å². The summed E-state index contributed by atoms with van der Waals surface area (Å²) in [4.78, 5) is 48.3. The fraction of sp³-hybridized carbons (Fsp3) is 0.767. The van der Waals surface area contributed by atoms with E-state index in [4.69, 9.17) is 9.47 Å². The van der Waals surface area contributed by atoms with E-state index in [9.17, 15) is 19.5 Å². The Morgan fingerprint density at radius 3 is 2.65 bits per heavy atom. The minimum atomic E-state index is -0.767. The van der Waals surface area contributed by atoms with Crippen molar-refractivity contribution in [1.82, 2.24) is 14.7 Å². The first-order valence-electron chi connectivity index (χ1n) is 14.8. The maximum absolute atomic E-state index is 14.7. The second kappa shape index (κ2) is 13.4. The van der Waals surface area contributed by atoms with Crippen LogP contribution in [0.4, 0.5) is 0 Å². The molecule has 3 unspecified atom stereocenters. The van der Waals surface area contributed by atoms with Crippen LogP contribution in [0.1, 0.15) is 40.0 Å². The van der Waals surface area contributed by atoms with E-state index in [1.54, 1.807) is 28.8 Å². The van der Waals surface area contributed by atoms with Crippen molar-refractivity contribution < 1.29 is 29.0 Å². The van der Waals surface area contributed by atoms with E-state index in [0.29, 0.717) is 39.3 Å². The lowest BCUT2D eigenvalue weighted by molar-refractivity contribution is -0.155. The van der Waals surface area contributed by atoms with Crippen LogP contribution in [0.15, 0.2) is 25.3 Å². The van der Waals surface area contributed by atoms with Gasteiger partial charge >= 0.3 is 5.97 Å². The van der Waals surface area contributed by atoms with Gasteiger partial charge in [-0.25, -0.2) is 0 Å². The van der Waals surface area contributed by atoms with Gasteiger partial charge in [0.15, 0.2) is 0 Å². The summed E-state index contributed by atoms with van der Waals surface area (Å²) in [5.41, 5.74) is 0. The summed E-state index contributed by atoms with van der Waals surface area (Å²) in [5.74, 6) is -1.90. The van der Waals surface area contributed by atoms with Crippen LogP contribution >= 0.6 is 11.8 Å². The Bertz CT molecular complexity index is 958. The summed E-state index contributed by atoms with van der Waals surface area (Å²) in [6.07, 6.45) is 5.47. The predicted molar refractivity (Wildman–Crippen MR) is 156 cm³/mol. The van der Waals surface area contributed by atoms with Crippen molar-refractivity contribution in [3.8, 4) is 0 Å². The van der Waals surface area contributed by atoms with Gasteiger partial charge in [0.05, 0.1) is 49.1 Å². The van der Waals surface area contributed by atoms with Crippen LogP contribution in [0.5, 0.6) is 0 Å². The molecule has 0 aromatic rings. The zero-order valence-electron chi connectivity index (χ0n) is 24.3. The van der Waals surface area contributed by atoms with Gasteiger partial charge < -0.3 is 24.4 Å². The molecule has 4 rings (SSSR count). The highest BCUT2D eigenvalue weighted by molar-refractivity contribution is 8.02. The van der Waals surface area contributed by atoms with E-state index in [1.807, 2.05) is 18.7 Å². The quantitative estimate of drug-likeness (QED) is 0.191. The maximum Gasteiger partial charge on any atom is 0.310 e. The number of morpholine rings is 1. The predicted octanol–water partition coefficient (Wildman–Crippen LogP) is 2.20. The first-order chi connectivity index (χ1) is 19.3. The first-order valence-corrected chi connectivity index (χ1v) is 15.7. The normalized spacial score (nSPS) is 33.0. The number of hydrogen-bond acceptors (Lipinski definition) is 8. The van der Waals surface area contributed by atoms with Crippen molar-refractivity contribution in [3.05, 3.63) is 25.3 Å². The summed E-state index contributed by atoms with van der Waals surface area (Å²) >= 11 is 1.64. The number of thioether (sulfide) groups is 1. The third-order valence-corrected chi connectivity index (χ3v) is 11.6. The van der Waals surface area contributed by atoms with Crippen molar-refractivity contribution in [3.63, 3.8) is 0 Å². The molecular formula is C30H47N3O6S. The van der Waals surface area contributed by atoms with E-state index in [0.717, 1.165) is 25.9 Å². The molecule has 1 spiro atoms. The topological polar surface area (TPSA) is 99.6 Å². The van der Waals surface area contributed by atoms with Crippen LogP contribution in [0, 0.1) is 23.7 Å². The number of hydrogen-bond donors (Lipinski definition) is 1. The number of ether oxygens (including phenoxy) is 2. The molecule has 0 aromatic heterocycles. The Kier molecular flexibility index (Phi) is 10.4. The minimum absolute atomic E-state index is 0.0174. The molecule has 1 N–H and O–H groups in total. The molecule has 0 saturated carbocycles. The molecule has 0 radical (unpaired) electrons. The van der Waals surface area contributed by atoms with E-state index >= 15 is 0 Å². The fourth-order valence-electron chi connectivity index (χ4n) is 7.23. The van der Waals surface area contributed by atoms with Crippen LogP contribution in [-0.4, -0.2) is 119 Å². The summed E-state index contributed by atoms with van der Waals surface area (Å²) in [7, 11) is 0. The maximum atomic E-state index is 14.7. The van der Waals surface area contributed by atoms with E-state index < -0.39 is 28.7 Å². The van der Waals surface area contributed by atoms with E-state index in [-0.39, 0.29) is 48.1 Å². The molecule has 0 aromatic carbocycles. The van der Waals surface area contributed by atoms with Gasteiger partial charge in [-0.1, -0.05) is 39.3 Å². The second-order valence-electron chi connectivity index (χ2n) is 11.7. The number of aliphatic hydroxyl groups is 1. The molecule has 8 atom stereocenters. The molecule has 9 nitrogen and oxygen atoms in total. The third kappa shape index (κ3) is 5.49. The van der Waals surface area contributed by atoms with E-state index in [1.165, 1.54) is 0 Å². The zero-order chi connectivity index (χ0) is 29.0. The van der Waals surface area contributed by atoms with Gasteiger partial charge in [-0.3, -0.25) is 19.3 Å². The summed E-state index contributed by atoms with van der Waals surface area (Å²) in [6, 6.07) is -1.28. The number of amides is 2. The van der Waals surface area contributed by atoms with Crippen LogP contribution < -0.4 is 0 Å². The standard InChI is InChI=1S/C30H47N3O6S/c1-6-9-15-39-29(37)24-23-18-21(5)30(40-23)25(24)27(35)33(22(19-34)20(4)8-3)26(30)28(36)32(10-7-2)12-11-31-13-16-38-17-14-31/h6-7,20-26,34H,1-2,8-19H2,3-5H3/t20-,21?,22-,23+,24-,25-,26?,30?/m0/s1. The SMILES string of the molecule is C=CCCOC(=O)[C@@H]1[C@H]2C(=O)N([C@@H](CO)[C@@H](C)CC)C(C(=O)N(CC=C)CCN3CCOCC3)C23S[C@@H]1CC3C. The molecule has 4 saturated heterocycles. The lowest BCUT2D eigenvalue weighted by Crippen LogP contribution is -2.60. The number of carbonyl (C=O) groups is 3. The molecular weight excluding hydrogens is 530 g/mol. The van der Waals surface area contributed by atoms with Gasteiger partial charge in [-0.2, -0.15) is 0 Å². The van der Waals surface area contributed by atoms with Crippen LogP contribution in [0.3, 0.4) is 0 Å². The van der Waals surface area contributed by atoms with Crippen molar-refractivity contribution in [2.24, 2.45) is 23.7 Å². The number of carbonyl (C=O) groups excluding carboxylic acids is 3. The molecule has 2 amide bonds. The van der Waals surface area contributed by atoms with Gasteiger partial charge in [0.1, 0.15) is 6.04 Å². The highest BCUT2D eigenvalue weighted by Crippen LogP contribution is 2.69. The highest BCUT2D eigenvalue weighted by Gasteiger charge is 2.77. The largest absolute Gasteiger partial charge is 0.465 e. The van der Waals surface area contributed by atoms with Crippen molar-refractivity contribution in [2.45, 2.75) is 62.1 Å². The van der Waals surface area contributed by atoms with Crippen molar-refractivity contribution in [2.75, 3.05) is 59.2 Å². The van der Waals surface area contributed by atoms with Crippen molar-refractivity contribution in [1.29, 1.82) is 0 Å². The summed E-state index contributed by atoms with van der Waals surface area (Å²) in [6.45, 7) is 18.3. The number of likely N-dealkylation sites (tertiary alicyclic amines) is 1. The molecule has 0 aliphatic carbocycles. The van der Waals surface area contributed by atoms with Gasteiger partial charge in [-0.05, 0) is 24.7 Å². The number of esters is 1. The molecule has 2 bridgehead atoms. The minimum Gasteiger partial charge on any atom is -0.465 e. The molecule has 4 heterocycles. The molecule has 10 heteroatoms. The number of aliphatic hydroxyl groups excluding tert-OH is 1. The average molecular weight is 578 g/mol. The lowest BCUT2D eigenvalue weighted by Gasteiger charge is -2.43. The monoisotopic (exact) mass is 577 g/mol. The zero-order valence-corrected chi connectivity index (χ0v) is 25.2. The van der Waals surface area contributed by atoms with Gasteiger partial charge in [0, 0.05) is 38.0 Å².